The Labute approximate surface area is 93.0 Å². The van der Waals surface area contributed by atoms with Gasteiger partial charge in [-0.25, -0.2) is 0 Å². The molecule has 0 bridgehead atoms. The third-order valence-electron chi connectivity index (χ3n) is 2.27. The zero-order chi connectivity index (χ0) is 10.4. The molecule has 0 aliphatic rings. The summed E-state index contributed by atoms with van der Waals surface area (Å²) in [6.07, 6.45) is 1.14. The van der Waals surface area contributed by atoms with Crippen LogP contribution in [0, 0.1) is 0 Å². The van der Waals surface area contributed by atoms with Crippen molar-refractivity contribution in [3.63, 3.8) is 0 Å². The van der Waals surface area contributed by atoms with Crippen molar-refractivity contribution in [2.24, 2.45) is 0 Å². The summed E-state index contributed by atoms with van der Waals surface area (Å²) < 4.78 is 6.86. The van der Waals surface area contributed by atoms with Gasteiger partial charge in [-0.15, -0.1) is 0 Å². The Morgan fingerprint density at radius 3 is 2.43 bits per heavy atom. The fourth-order valence-electron chi connectivity index (χ4n) is 1.03. The second-order valence-corrected chi connectivity index (χ2v) is 6.33. The standard InChI is InChI=1S/C12H18OSe/c1-12(2,13-3)9-10-14-11-7-5-4-6-8-11/h4-8H,9-10H2,1-3H3. The summed E-state index contributed by atoms with van der Waals surface area (Å²) in [5, 5.41) is 1.25. The molecule has 0 N–H and O–H groups in total. The van der Waals surface area contributed by atoms with E-state index in [-0.39, 0.29) is 5.60 Å². The van der Waals surface area contributed by atoms with Crippen LogP contribution < -0.4 is 4.46 Å². The molecule has 0 amide bonds. The predicted octanol–water partition coefficient (Wildman–Crippen LogP) is 2.25. The molecular weight excluding hydrogens is 239 g/mol. The Bertz CT molecular complexity index is 256. The summed E-state index contributed by atoms with van der Waals surface area (Å²) in [4.78, 5) is 0. The number of rotatable bonds is 5. The molecule has 0 heterocycles. The Morgan fingerprint density at radius 2 is 1.86 bits per heavy atom. The molecule has 0 fully saturated rings. The van der Waals surface area contributed by atoms with Crippen LogP contribution in [0.15, 0.2) is 30.3 Å². The fraction of sp³-hybridized carbons (Fsp3) is 0.500. The van der Waals surface area contributed by atoms with E-state index >= 15 is 0 Å². The van der Waals surface area contributed by atoms with Gasteiger partial charge in [-0.1, -0.05) is 0 Å². The van der Waals surface area contributed by atoms with Gasteiger partial charge in [0.2, 0.25) is 0 Å². The van der Waals surface area contributed by atoms with Crippen LogP contribution in [-0.4, -0.2) is 27.7 Å². The van der Waals surface area contributed by atoms with E-state index in [2.05, 4.69) is 44.2 Å². The van der Waals surface area contributed by atoms with E-state index in [1.165, 1.54) is 9.78 Å². The van der Waals surface area contributed by atoms with Gasteiger partial charge in [0.1, 0.15) is 0 Å². The van der Waals surface area contributed by atoms with E-state index in [1.54, 1.807) is 7.11 Å². The second kappa shape index (κ2) is 5.55. The maximum atomic E-state index is 5.39. The number of ether oxygens (including phenoxy) is 1. The first-order valence-electron chi connectivity index (χ1n) is 4.87. The van der Waals surface area contributed by atoms with Crippen LogP contribution in [0.25, 0.3) is 0 Å². The SMILES string of the molecule is COC(C)(C)CC[Se]c1ccccc1. The average Bonchev–Trinajstić information content (AvgIpc) is 2.19. The van der Waals surface area contributed by atoms with Gasteiger partial charge in [0.25, 0.3) is 0 Å². The monoisotopic (exact) mass is 258 g/mol. The van der Waals surface area contributed by atoms with Gasteiger partial charge in [-0.3, -0.25) is 0 Å². The Kier molecular flexibility index (Phi) is 4.67. The van der Waals surface area contributed by atoms with Gasteiger partial charge in [0, 0.05) is 0 Å². The van der Waals surface area contributed by atoms with Crippen molar-refractivity contribution in [3.05, 3.63) is 30.3 Å². The van der Waals surface area contributed by atoms with Gasteiger partial charge in [-0.05, 0) is 0 Å². The van der Waals surface area contributed by atoms with Crippen LogP contribution >= 0.6 is 0 Å². The van der Waals surface area contributed by atoms with Crippen molar-refractivity contribution < 1.29 is 4.74 Å². The normalized spacial score (nSPS) is 11.6. The quantitative estimate of drug-likeness (QED) is 0.735. The molecule has 0 aliphatic carbocycles. The predicted molar refractivity (Wildman–Crippen MR) is 62.3 cm³/mol. The van der Waals surface area contributed by atoms with E-state index in [1.807, 2.05) is 0 Å². The van der Waals surface area contributed by atoms with Crippen LogP contribution in [0.4, 0.5) is 0 Å². The molecule has 0 atom stereocenters. The minimum atomic E-state index is 0.0382. The molecule has 1 nitrogen and oxygen atoms in total. The molecule has 78 valence electrons. The summed E-state index contributed by atoms with van der Waals surface area (Å²) in [7, 11) is 1.79. The third kappa shape index (κ3) is 4.28. The Hall–Kier alpha value is -0.301. The molecule has 1 aromatic carbocycles. The molecule has 0 aromatic heterocycles. The molecule has 0 spiro atoms. The number of benzene rings is 1. The second-order valence-electron chi connectivity index (χ2n) is 3.88. The van der Waals surface area contributed by atoms with Gasteiger partial charge >= 0.3 is 92.8 Å². The van der Waals surface area contributed by atoms with Gasteiger partial charge in [-0.2, -0.15) is 0 Å². The molecule has 0 aliphatic heterocycles. The van der Waals surface area contributed by atoms with Crippen LogP contribution in [0.2, 0.25) is 5.32 Å². The molecule has 0 saturated heterocycles. The van der Waals surface area contributed by atoms with Crippen LogP contribution in [0.5, 0.6) is 0 Å². The Morgan fingerprint density at radius 1 is 1.21 bits per heavy atom. The first-order chi connectivity index (χ1) is 6.64. The van der Waals surface area contributed by atoms with E-state index in [4.69, 9.17) is 4.74 Å². The first kappa shape index (κ1) is 11.8. The average molecular weight is 257 g/mol. The number of hydrogen-bond donors (Lipinski definition) is 0. The summed E-state index contributed by atoms with van der Waals surface area (Å²) in [5.41, 5.74) is 0.0382. The van der Waals surface area contributed by atoms with Crippen molar-refractivity contribution >= 4 is 19.4 Å². The molecule has 14 heavy (non-hydrogen) atoms. The van der Waals surface area contributed by atoms with Crippen molar-refractivity contribution in [1.82, 2.24) is 0 Å². The molecule has 1 rings (SSSR count). The van der Waals surface area contributed by atoms with Crippen molar-refractivity contribution in [2.75, 3.05) is 7.11 Å². The first-order valence-corrected chi connectivity index (χ1v) is 6.94. The van der Waals surface area contributed by atoms with Crippen molar-refractivity contribution in [3.8, 4) is 0 Å². The van der Waals surface area contributed by atoms with Gasteiger partial charge in [0.15, 0.2) is 0 Å². The third-order valence-corrected chi connectivity index (χ3v) is 4.40. The number of methoxy groups -OCH3 is 1. The molecule has 0 saturated carbocycles. The Balaban J connectivity index is 2.29. The zero-order valence-corrected chi connectivity index (χ0v) is 10.8. The molecule has 1 aromatic rings. The summed E-state index contributed by atoms with van der Waals surface area (Å²) >= 11 is 0.594. The van der Waals surface area contributed by atoms with Gasteiger partial charge in [0.05, 0.1) is 0 Å². The fourth-order valence-corrected chi connectivity index (χ4v) is 3.51. The van der Waals surface area contributed by atoms with E-state index in [0.717, 1.165) is 6.42 Å². The van der Waals surface area contributed by atoms with Crippen LogP contribution in [-0.2, 0) is 4.74 Å². The summed E-state index contributed by atoms with van der Waals surface area (Å²) in [6.45, 7) is 4.29. The topological polar surface area (TPSA) is 9.23 Å². The minimum absolute atomic E-state index is 0.0382. The summed E-state index contributed by atoms with van der Waals surface area (Å²) in [6, 6.07) is 10.7. The van der Waals surface area contributed by atoms with Gasteiger partial charge < -0.3 is 0 Å². The van der Waals surface area contributed by atoms with E-state index in [0.29, 0.717) is 15.0 Å². The molecule has 2 heteroatoms. The number of hydrogen-bond acceptors (Lipinski definition) is 1. The van der Waals surface area contributed by atoms with E-state index < -0.39 is 0 Å². The molecular formula is C12H18OSe. The van der Waals surface area contributed by atoms with E-state index in [9.17, 15) is 0 Å². The summed E-state index contributed by atoms with van der Waals surface area (Å²) in [5.74, 6) is 0. The zero-order valence-electron chi connectivity index (χ0n) is 9.12. The van der Waals surface area contributed by atoms with Crippen LogP contribution in [0.1, 0.15) is 20.3 Å². The molecule has 0 unspecified atom stereocenters. The van der Waals surface area contributed by atoms with Crippen molar-refractivity contribution in [2.45, 2.75) is 31.2 Å². The van der Waals surface area contributed by atoms with Crippen molar-refractivity contribution in [1.29, 1.82) is 0 Å². The maximum absolute atomic E-state index is 5.39. The van der Waals surface area contributed by atoms with Crippen LogP contribution in [0.3, 0.4) is 0 Å². The molecule has 0 radical (unpaired) electrons.